The molecule has 0 radical (unpaired) electrons. The van der Waals surface area contributed by atoms with Gasteiger partial charge in [0.2, 0.25) is 10.0 Å². The molecule has 1 N–H and O–H groups in total. The number of hydrogen-bond donors (Lipinski definition) is 1. The first-order valence-corrected chi connectivity index (χ1v) is 8.49. The Balaban J connectivity index is 3.10. The minimum Gasteiger partial charge on any atom is -0.207 e. The Morgan fingerprint density at radius 1 is 1.17 bits per heavy atom. The molecule has 1 atom stereocenters. The second-order valence-corrected chi connectivity index (χ2v) is 7.70. The lowest BCUT2D eigenvalue weighted by Gasteiger charge is -2.09. The molecule has 1 aromatic carbocycles. The number of nitrogens with one attached hydrogen (secondary N) is 1. The Kier molecular flexibility index (Phi) is 4.40. The Labute approximate surface area is 111 Å². The Hall–Kier alpha value is -1.07. The van der Waals surface area contributed by atoms with Crippen molar-refractivity contribution in [2.45, 2.75) is 22.8 Å². The Morgan fingerprint density at radius 2 is 1.61 bits per heavy atom. The van der Waals surface area contributed by atoms with E-state index in [0.29, 0.717) is 0 Å². The molecule has 1 unspecified atom stereocenters. The minimum atomic E-state index is -3.87. The number of sulfonamides is 1. The average molecular weight is 308 g/mol. The van der Waals surface area contributed by atoms with Gasteiger partial charge in [-0.15, -0.1) is 6.42 Å². The summed E-state index contributed by atoms with van der Waals surface area (Å²) in [6, 6.07) is 3.84. The molecule has 8 heteroatoms. The van der Waals surface area contributed by atoms with Crippen LogP contribution in [0.15, 0.2) is 34.1 Å². The number of halogens is 1. The van der Waals surface area contributed by atoms with Crippen LogP contribution >= 0.6 is 10.7 Å². The van der Waals surface area contributed by atoms with Gasteiger partial charge in [0.1, 0.15) is 0 Å². The van der Waals surface area contributed by atoms with E-state index in [1.807, 2.05) is 0 Å². The largest absolute Gasteiger partial charge is 0.261 e. The lowest BCUT2D eigenvalue weighted by molar-refractivity contribution is 0.577. The number of terminal acetylenes is 1. The summed E-state index contributed by atoms with van der Waals surface area (Å²) in [5.41, 5.74) is 0. The molecular weight excluding hydrogens is 298 g/mol. The monoisotopic (exact) mass is 307 g/mol. The normalized spacial score (nSPS) is 13.8. The maximum Gasteiger partial charge on any atom is 0.261 e. The molecule has 0 fully saturated rings. The standard InChI is InChI=1S/C10H10ClNO4S2/c1-3-8(2)12-18(15,16)10-6-4-9(5-7-10)17(11,13)14/h1,4-8,12H,2H3. The molecule has 18 heavy (non-hydrogen) atoms. The molecule has 0 saturated carbocycles. The van der Waals surface area contributed by atoms with Gasteiger partial charge in [-0.3, -0.25) is 0 Å². The van der Waals surface area contributed by atoms with Gasteiger partial charge in [-0.1, -0.05) is 5.92 Å². The molecule has 0 aliphatic carbocycles. The summed E-state index contributed by atoms with van der Waals surface area (Å²) in [4.78, 5) is -0.262. The smallest absolute Gasteiger partial charge is 0.207 e. The van der Waals surface area contributed by atoms with E-state index in [-0.39, 0.29) is 9.79 Å². The zero-order valence-corrected chi connectivity index (χ0v) is 11.7. The molecule has 0 aromatic heterocycles. The van der Waals surface area contributed by atoms with Crippen molar-refractivity contribution in [1.82, 2.24) is 4.72 Å². The summed E-state index contributed by atoms with van der Waals surface area (Å²) in [6.45, 7) is 1.51. The van der Waals surface area contributed by atoms with Crippen LogP contribution in [0.25, 0.3) is 0 Å². The third-order valence-corrected chi connectivity index (χ3v) is 4.92. The van der Waals surface area contributed by atoms with Crippen LogP contribution in [-0.2, 0) is 19.1 Å². The predicted molar refractivity (Wildman–Crippen MR) is 68.1 cm³/mol. The summed E-state index contributed by atoms with van der Waals surface area (Å²) in [5.74, 6) is 2.22. The van der Waals surface area contributed by atoms with Crippen molar-refractivity contribution in [3.05, 3.63) is 24.3 Å². The first kappa shape index (κ1) is 15.0. The zero-order chi connectivity index (χ0) is 14.0. The van der Waals surface area contributed by atoms with Gasteiger partial charge < -0.3 is 0 Å². The van der Waals surface area contributed by atoms with Crippen LogP contribution in [0, 0.1) is 12.3 Å². The highest BCUT2D eigenvalue weighted by Gasteiger charge is 2.17. The second-order valence-electron chi connectivity index (χ2n) is 3.42. The molecule has 0 saturated heterocycles. The van der Waals surface area contributed by atoms with E-state index in [9.17, 15) is 16.8 Å². The fourth-order valence-corrected chi connectivity index (χ4v) is 3.05. The summed E-state index contributed by atoms with van der Waals surface area (Å²) >= 11 is 0. The van der Waals surface area contributed by atoms with Crippen molar-refractivity contribution in [1.29, 1.82) is 0 Å². The maximum atomic E-state index is 11.8. The van der Waals surface area contributed by atoms with E-state index in [4.69, 9.17) is 17.1 Å². The van der Waals surface area contributed by atoms with Gasteiger partial charge in [-0.05, 0) is 31.2 Å². The highest BCUT2D eigenvalue weighted by Crippen LogP contribution is 2.17. The van der Waals surface area contributed by atoms with E-state index in [2.05, 4.69) is 10.6 Å². The van der Waals surface area contributed by atoms with E-state index >= 15 is 0 Å². The number of rotatable bonds is 4. The molecule has 0 bridgehead atoms. The molecule has 0 heterocycles. The highest BCUT2D eigenvalue weighted by atomic mass is 35.7. The summed E-state index contributed by atoms with van der Waals surface area (Å²) in [6.07, 6.45) is 5.06. The van der Waals surface area contributed by atoms with Gasteiger partial charge in [0.25, 0.3) is 9.05 Å². The summed E-state index contributed by atoms with van der Waals surface area (Å²) < 4.78 is 47.8. The summed E-state index contributed by atoms with van der Waals surface area (Å²) in [5, 5.41) is 0. The van der Waals surface area contributed by atoms with Crippen LogP contribution in [-0.4, -0.2) is 22.9 Å². The lowest BCUT2D eigenvalue weighted by atomic mass is 10.4. The van der Waals surface area contributed by atoms with Crippen LogP contribution in [0.2, 0.25) is 0 Å². The Bertz CT molecular complexity index is 672. The number of hydrogen-bond acceptors (Lipinski definition) is 4. The van der Waals surface area contributed by atoms with E-state index in [0.717, 1.165) is 24.3 Å². The van der Waals surface area contributed by atoms with Gasteiger partial charge in [-0.25, -0.2) is 16.8 Å². The molecule has 1 rings (SSSR count). The quantitative estimate of drug-likeness (QED) is 0.662. The third kappa shape index (κ3) is 3.71. The van der Waals surface area contributed by atoms with Crippen LogP contribution < -0.4 is 4.72 Å². The van der Waals surface area contributed by atoms with Crippen molar-refractivity contribution < 1.29 is 16.8 Å². The first-order chi connectivity index (χ1) is 8.16. The molecular formula is C10H10ClNO4S2. The molecule has 0 aliphatic heterocycles. The van der Waals surface area contributed by atoms with E-state index < -0.39 is 25.1 Å². The Morgan fingerprint density at radius 3 is 2.00 bits per heavy atom. The summed E-state index contributed by atoms with van der Waals surface area (Å²) in [7, 11) is -2.52. The van der Waals surface area contributed by atoms with Gasteiger partial charge in [-0.2, -0.15) is 4.72 Å². The van der Waals surface area contributed by atoms with Gasteiger partial charge >= 0.3 is 0 Å². The van der Waals surface area contributed by atoms with Crippen molar-refractivity contribution in [3.63, 3.8) is 0 Å². The fourth-order valence-electron chi connectivity index (χ4n) is 1.12. The molecule has 5 nitrogen and oxygen atoms in total. The average Bonchev–Trinajstić information content (AvgIpc) is 2.27. The fraction of sp³-hybridized carbons (Fsp3) is 0.200. The third-order valence-electron chi connectivity index (χ3n) is 2.00. The maximum absolute atomic E-state index is 11.8. The molecule has 0 aliphatic rings. The van der Waals surface area contributed by atoms with Gasteiger partial charge in [0, 0.05) is 10.7 Å². The molecule has 0 spiro atoms. The van der Waals surface area contributed by atoms with Gasteiger partial charge in [0.15, 0.2) is 0 Å². The molecule has 0 amide bonds. The van der Waals surface area contributed by atoms with Gasteiger partial charge in [0.05, 0.1) is 15.8 Å². The van der Waals surface area contributed by atoms with Crippen LogP contribution in [0.5, 0.6) is 0 Å². The van der Waals surface area contributed by atoms with Crippen molar-refractivity contribution in [3.8, 4) is 12.3 Å². The van der Waals surface area contributed by atoms with Crippen LogP contribution in [0.4, 0.5) is 0 Å². The number of benzene rings is 1. The van der Waals surface area contributed by atoms with Crippen molar-refractivity contribution in [2.24, 2.45) is 0 Å². The van der Waals surface area contributed by atoms with Crippen LogP contribution in [0.3, 0.4) is 0 Å². The molecule has 98 valence electrons. The first-order valence-electron chi connectivity index (χ1n) is 4.70. The topological polar surface area (TPSA) is 80.3 Å². The zero-order valence-electron chi connectivity index (χ0n) is 9.29. The van der Waals surface area contributed by atoms with E-state index in [1.54, 1.807) is 0 Å². The molecule has 1 aromatic rings. The van der Waals surface area contributed by atoms with Crippen LogP contribution in [0.1, 0.15) is 6.92 Å². The van der Waals surface area contributed by atoms with E-state index in [1.165, 1.54) is 6.92 Å². The minimum absolute atomic E-state index is 0.0892. The van der Waals surface area contributed by atoms with Crippen molar-refractivity contribution >= 4 is 29.8 Å². The predicted octanol–water partition coefficient (Wildman–Crippen LogP) is 0.914. The lowest BCUT2D eigenvalue weighted by Crippen LogP contribution is -2.31. The SMILES string of the molecule is C#CC(C)NS(=O)(=O)c1ccc(S(=O)(=O)Cl)cc1. The highest BCUT2D eigenvalue weighted by molar-refractivity contribution is 8.13. The van der Waals surface area contributed by atoms with Crippen molar-refractivity contribution in [2.75, 3.05) is 0 Å². The second kappa shape index (κ2) is 5.28.